The molecule has 0 saturated carbocycles. The smallest absolute Gasteiger partial charge is 0.281 e. The van der Waals surface area contributed by atoms with Crippen LogP contribution in [0.2, 0.25) is 0 Å². The summed E-state index contributed by atoms with van der Waals surface area (Å²) in [6.45, 7) is 2.36. The van der Waals surface area contributed by atoms with Crippen LogP contribution in [0.25, 0.3) is 6.08 Å². The average molecular weight is 475 g/mol. The van der Waals surface area contributed by atoms with Gasteiger partial charge in [0, 0.05) is 5.56 Å². The van der Waals surface area contributed by atoms with E-state index in [1.54, 1.807) is 25.2 Å². The molecule has 3 aromatic rings. The number of ether oxygens (including phenoxy) is 3. The summed E-state index contributed by atoms with van der Waals surface area (Å²) in [5.41, 5.74) is 3.97. The predicted octanol–water partition coefficient (Wildman–Crippen LogP) is 5.11. The molecule has 4 rings (SSSR count). The fourth-order valence-corrected chi connectivity index (χ4v) is 4.07. The van der Waals surface area contributed by atoms with E-state index in [2.05, 4.69) is 12.2 Å². The number of nitrogens with zero attached hydrogens (tertiary/aromatic N) is 1. The number of para-hydroxylation sites is 1. The Morgan fingerprint density at radius 3 is 2.38 bits per heavy atom. The molecule has 1 aliphatic rings. The number of thiocarbonyl (C=S) groups is 1. The minimum Gasteiger partial charge on any atom is -0.497 e. The second kappa shape index (κ2) is 10.4. The molecule has 174 valence electrons. The van der Waals surface area contributed by atoms with Crippen LogP contribution < -0.4 is 24.4 Å². The standard InChI is InChI=1S/C27H26N2O4S/c1-4-19-7-5-6-8-24(19)29-26(30)23(28-27(29)34)16-18-9-14-25(32-3)20(15-18)17-33-22-12-10-21(31-2)11-13-22/h5-16H,4,17H2,1-3H3,(H,28,34)/b23-16+. The number of carbonyl (C=O) groups is 1. The van der Waals surface area contributed by atoms with E-state index >= 15 is 0 Å². The van der Waals surface area contributed by atoms with Gasteiger partial charge in [-0.05, 0) is 78.3 Å². The van der Waals surface area contributed by atoms with Gasteiger partial charge in [-0.1, -0.05) is 31.2 Å². The van der Waals surface area contributed by atoms with Crippen LogP contribution >= 0.6 is 12.2 Å². The van der Waals surface area contributed by atoms with Crippen LogP contribution in [0.4, 0.5) is 5.69 Å². The van der Waals surface area contributed by atoms with E-state index in [-0.39, 0.29) is 5.91 Å². The third-order valence-electron chi connectivity index (χ3n) is 5.56. The summed E-state index contributed by atoms with van der Waals surface area (Å²) in [5.74, 6) is 2.00. The van der Waals surface area contributed by atoms with Gasteiger partial charge in [-0.25, -0.2) is 0 Å². The summed E-state index contributed by atoms with van der Waals surface area (Å²) in [6.07, 6.45) is 2.59. The zero-order valence-electron chi connectivity index (χ0n) is 19.3. The Kier molecular flexibility index (Phi) is 7.13. The molecular weight excluding hydrogens is 448 g/mol. The number of hydrogen-bond acceptors (Lipinski definition) is 5. The summed E-state index contributed by atoms with van der Waals surface area (Å²) in [4.78, 5) is 14.8. The fraction of sp³-hybridized carbons (Fsp3) is 0.185. The molecule has 1 fully saturated rings. The van der Waals surface area contributed by atoms with E-state index in [0.717, 1.165) is 40.3 Å². The van der Waals surface area contributed by atoms with Crippen LogP contribution in [-0.2, 0) is 17.8 Å². The summed E-state index contributed by atoms with van der Waals surface area (Å²) in [5, 5.41) is 3.43. The van der Waals surface area contributed by atoms with Crippen molar-refractivity contribution in [3.05, 3.63) is 89.1 Å². The minimum absolute atomic E-state index is 0.183. The van der Waals surface area contributed by atoms with E-state index in [0.29, 0.717) is 23.2 Å². The number of aryl methyl sites for hydroxylation is 1. The van der Waals surface area contributed by atoms with Gasteiger partial charge in [0.2, 0.25) is 0 Å². The summed E-state index contributed by atoms with van der Waals surface area (Å²) in [6, 6.07) is 20.9. The lowest BCUT2D eigenvalue weighted by atomic mass is 10.1. The highest BCUT2D eigenvalue weighted by Crippen LogP contribution is 2.28. The Morgan fingerprint density at radius 1 is 0.941 bits per heavy atom. The van der Waals surface area contributed by atoms with Gasteiger partial charge < -0.3 is 19.5 Å². The van der Waals surface area contributed by atoms with E-state index in [4.69, 9.17) is 26.4 Å². The molecule has 0 aliphatic carbocycles. The van der Waals surface area contributed by atoms with Crippen molar-refractivity contribution in [2.75, 3.05) is 19.1 Å². The van der Waals surface area contributed by atoms with E-state index in [9.17, 15) is 4.79 Å². The molecule has 0 spiro atoms. The van der Waals surface area contributed by atoms with Gasteiger partial charge in [0.15, 0.2) is 5.11 Å². The third kappa shape index (κ3) is 4.89. The van der Waals surface area contributed by atoms with E-state index < -0.39 is 0 Å². The van der Waals surface area contributed by atoms with Crippen LogP contribution in [0.3, 0.4) is 0 Å². The molecule has 0 radical (unpaired) electrons. The lowest BCUT2D eigenvalue weighted by Crippen LogP contribution is -2.31. The van der Waals surface area contributed by atoms with Gasteiger partial charge >= 0.3 is 0 Å². The minimum atomic E-state index is -0.183. The van der Waals surface area contributed by atoms with Crippen molar-refractivity contribution in [3.63, 3.8) is 0 Å². The molecule has 6 nitrogen and oxygen atoms in total. The maximum atomic E-state index is 13.2. The highest BCUT2D eigenvalue weighted by atomic mass is 32.1. The molecule has 1 saturated heterocycles. The molecule has 1 aliphatic heterocycles. The molecule has 1 heterocycles. The number of amides is 1. The van der Waals surface area contributed by atoms with Gasteiger partial charge in [-0.3, -0.25) is 9.69 Å². The van der Waals surface area contributed by atoms with Crippen molar-refractivity contribution in [2.45, 2.75) is 20.0 Å². The van der Waals surface area contributed by atoms with Gasteiger partial charge in [-0.2, -0.15) is 0 Å². The van der Waals surface area contributed by atoms with Crippen molar-refractivity contribution in [2.24, 2.45) is 0 Å². The summed E-state index contributed by atoms with van der Waals surface area (Å²) in [7, 11) is 3.24. The Labute approximate surface area is 204 Å². The van der Waals surface area contributed by atoms with Crippen LogP contribution in [0, 0.1) is 0 Å². The highest BCUT2D eigenvalue weighted by Gasteiger charge is 2.33. The van der Waals surface area contributed by atoms with E-state index in [1.807, 2.05) is 66.7 Å². The van der Waals surface area contributed by atoms with Crippen LogP contribution in [0.15, 0.2) is 72.4 Å². The molecule has 34 heavy (non-hydrogen) atoms. The maximum absolute atomic E-state index is 13.2. The first-order valence-electron chi connectivity index (χ1n) is 10.9. The van der Waals surface area contributed by atoms with Crippen LogP contribution in [0.5, 0.6) is 17.2 Å². The Morgan fingerprint density at radius 2 is 1.68 bits per heavy atom. The first-order valence-corrected chi connectivity index (χ1v) is 11.3. The van der Waals surface area contributed by atoms with Gasteiger partial charge in [0.05, 0.1) is 19.9 Å². The van der Waals surface area contributed by atoms with Gasteiger partial charge in [0.25, 0.3) is 5.91 Å². The van der Waals surface area contributed by atoms with Crippen molar-refractivity contribution in [1.29, 1.82) is 0 Å². The van der Waals surface area contributed by atoms with Crippen molar-refractivity contribution in [1.82, 2.24) is 5.32 Å². The molecule has 0 bridgehead atoms. The first-order chi connectivity index (χ1) is 16.5. The number of anilines is 1. The number of hydrogen-bond donors (Lipinski definition) is 1. The number of rotatable bonds is 8. The fourth-order valence-electron chi connectivity index (χ4n) is 3.78. The zero-order chi connectivity index (χ0) is 24.1. The summed E-state index contributed by atoms with van der Waals surface area (Å²) >= 11 is 5.48. The van der Waals surface area contributed by atoms with Gasteiger partial charge in [-0.15, -0.1) is 0 Å². The molecule has 3 aromatic carbocycles. The monoisotopic (exact) mass is 474 g/mol. The average Bonchev–Trinajstić information content (AvgIpc) is 3.15. The normalized spacial score (nSPS) is 14.3. The summed E-state index contributed by atoms with van der Waals surface area (Å²) < 4.78 is 16.6. The Balaban J connectivity index is 1.56. The lowest BCUT2D eigenvalue weighted by Gasteiger charge is -2.17. The van der Waals surface area contributed by atoms with Crippen molar-refractivity contribution in [3.8, 4) is 17.2 Å². The third-order valence-corrected chi connectivity index (χ3v) is 5.85. The molecule has 0 atom stereocenters. The lowest BCUT2D eigenvalue weighted by molar-refractivity contribution is -0.113. The Bertz CT molecular complexity index is 1240. The predicted molar refractivity (Wildman–Crippen MR) is 137 cm³/mol. The number of carbonyl (C=O) groups excluding carboxylic acids is 1. The first kappa shape index (κ1) is 23.3. The molecule has 1 N–H and O–H groups in total. The Hall–Kier alpha value is -3.84. The zero-order valence-corrected chi connectivity index (χ0v) is 20.1. The van der Waals surface area contributed by atoms with Crippen molar-refractivity contribution < 1.29 is 19.0 Å². The quantitative estimate of drug-likeness (QED) is 0.362. The van der Waals surface area contributed by atoms with Crippen LogP contribution in [0.1, 0.15) is 23.6 Å². The number of benzene rings is 3. The number of nitrogens with one attached hydrogen (secondary N) is 1. The topological polar surface area (TPSA) is 60.0 Å². The second-order valence-corrected chi connectivity index (χ2v) is 8.03. The molecule has 0 aromatic heterocycles. The van der Waals surface area contributed by atoms with Crippen molar-refractivity contribution >= 4 is 35.0 Å². The maximum Gasteiger partial charge on any atom is 0.281 e. The largest absolute Gasteiger partial charge is 0.497 e. The highest BCUT2D eigenvalue weighted by molar-refractivity contribution is 7.80. The molecular formula is C27H26N2O4S. The SMILES string of the molecule is CCc1ccccc1N1C(=O)/C(=C\c2ccc(OC)c(COc3ccc(OC)cc3)c2)NC1=S. The molecule has 1 amide bonds. The second-order valence-electron chi connectivity index (χ2n) is 7.65. The van der Waals surface area contributed by atoms with Crippen LogP contribution in [-0.4, -0.2) is 25.2 Å². The van der Waals surface area contributed by atoms with Gasteiger partial charge in [0.1, 0.15) is 29.6 Å². The molecule has 7 heteroatoms. The van der Waals surface area contributed by atoms with E-state index in [1.165, 1.54) is 0 Å². The molecule has 0 unspecified atom stereocenters. The number of methoxy groups -OCH3 is 2.